The summed E-state index contributed by atoms with van der Waals surface area (Å²) in [4.78, 5) is 29.3. The average molecular weight is 391 g/mol. The maximum atomic E-state index is 13.4. The molecule has 0 radical (unpaired) electrons. The van der Waals surface area contributed by atoms with Gasteiger partial charge in [0.25, 0.3) is 5.91 Å². The predicted molar refractivity (Wildman–Crippen MR) is 110 cm³/mol. The molecule has 0 bridgehead atoms. The molecule has 0 aliphatic carbocycles. The molecule has 0 unspecified atom stereocenters. The van der Waals surface area contributed by atoms with Gasteiger partial charge >= 0.3 is 0 Å². The summed E-state index contributed by atoms with van der Waals surface area (Å²) in [5.41, 5.74) is 3.17. The molecule has 2 aromatic carbocycles. The molecule has 1 N–H and O–H groups in total. The van der Waals surface area contributed by atoms with Crippen LogP contribution in [0.3, 0.4) is 0 Å². The van der Waals surface area contributed by atoms with Gasteiger partial charge < -0.3 is 9.88 Å². The van der Waals surface area contributed by atoms with Crippen molar-refractivity contribution >= 4 is 17.4 Å². The summed E-state index contributed by atoms with van der Waals surface area (Å²) in [7, 11) is 0. The van der Waals surface area contributed by atoms with Crippen LogP contribution in [0.25, 0.3) is 11.4 Å². The summed E-state index contributed by atoms with van der Waals surface area (Å²) in [5.74, 6) is 0.0181. The quantitative estimate of drug-likeness (QED) is 0.645. The number of hydrogen-bond donors (Lipinski definition) is 1. The zero-order valence-corrected chi connectivity index (χ0v) is 16.2. The van der Waals surface area contributed by atoms with Crippen molar-refractivity contribution in [2.75, 3.05) is 5.32 Å². The monoisotopic (exact) mass is 391 g/mol. The number of Topliss-reactive ketones (excluding diaryl/α,β-unsaturated/α-hetero) is 1. The summed E-state index contributed by atoms with van der Waals surface area (Å²) in [6, 6.07) is 13.1. The lowest BCUT2D eigenvalue weighted by molar-refractivity contribution is 0.100. The Balaban J connectivity index is 1.71. The number of amides is 1. The largest absolute Gasteiger partial charge is 0.327 e. The molecule has 1 aromatic heterocycles. The van der Waals surface area contributed by atoms with Crippen molar-refractivity contribution in [2.24, 2.45) is 0 Å². The Morgan fingerprint density at radius 1 is 1.07 bits per heavy atom. The van der Waals surface area contributed by atoms with Crippen LogP contribution in [0.5, 0.6) is 0 Å². The number of carbonyl (C=O) groups is 2. The molecule has 0 spiro atoms. The molecule has 0 atom stereocenters. The summed E-state index contributed by atoms with van der Waals surface area (Å²) in [6.07, 6.45) is 3.87. The van der Waals surface area contributed by atoms with Gasteiger partial charge in [-0.25, -0.2) is 9.37 Å². The second-order valence-electron chi connectivity index (χ2n) is 7.29. The lowest BCUT2D eigenvalue weighted by Crippen LogP contribution is -2.15. The fraction of sp³-hybridized carbons (Fsp3) is 0.261. The number of benzene rings is 2. The number of hydrogen-bond acceptors (Lipinski definition) is 3. The summed E-state index contributed by atoms with van der Waals surface area (Å²) < 4.78 is 15.4. The van der Waals surface area contributed by atoms with Gasteiger partial charge in [-0.3, -0.25) is 9.59 Å². The van der Waals surface area contributed by atoms with E-state index in [0.717, 1.165) is 43.5 Å². The van der Waals surface area contributed by atoms with E-state index in [1.54, 1.807) is 36.4 Å². The molecule has 0 saturated carbocycles. The van der Waals surface area contributed by atoms with Gasteiger partial charge in [-0.05, 0) is 62.6 Å². The molecule has 0 saturated heterocycles. The van der Waals surface area contributed by atoms with Crippen molar-refractivity contribution in [2.45, 2.75) is 39.2 Å². The van der Waals surface area contributed by atoms with E-state index in [2.05, 4.69) is 14.9 Å². The van der Waals surface area contributed by atoms with Crippen molar-refractivity contribution in [1.82, 2.24) is 9.55 Å². The summed E-state index contributed by atoms with van der Waals surface area (Å²) in [6.45, 7) is 2.27. The number of nitrogens with zero attached hydrogens (tertiary/aromatic N) is 2. The lowest BCUT2D eigenvalue weighted by Gasteiger charge is -2.09. The van der Waals surface area contributed by atoms with Gasteiger partial charge in [-0.2, -0.15) is 0 Å². The van der Waals surface area contributed by atoms with Crippen molar-refractivity contribution in [1.29, 1.82) is 0 Å². The number of aromatic nitrogens is 2. The van der Waals surface area contributed by atoms with Crippen LogP contribution in [0.1, 0.15) is 52.7 Å². The standard InChI is InChI=1S/C23H22FN3O2/c1-15(28)17-6-5-7-19(14-17)25-23(29)21-20-8-3-2-4-13-27(20)22(26-21)16-9-11-18(24)12-10-16/h5-7,9-12,14H,2-4,8,13H2,1H3,(H,25,29). The number of fused-ring (bicyclic) bond motifs is 1. The van der Waals surface area contributed by atoms with Crippen LogP contribution in [-0.2, 0) is 13.0 Å². The molecule has 29 heavy (non-hydrogen) atoms. The van der Waals surface area contributed by atoms with E-state index in [1.165, 1.54) is 19.1 Å². The molecule has 2 heterocycles. The molecule has 5 nitrogen and oxygen atoms in total. The Bertz CT molecular complexity index is 1070. The Morgan fingerprint density at radius 3 is 2.62 bits per heavy atom. The minimum absolute atomic E-state index is 0.0597. The Kier molecular flexibility index (Phi) is 5.25. The van der Waals surface area contributed by atoms with E-state index in [9.17, 15) is 14.0 Å². The molecule has 1 amide bonds. The van der Waals surface area contributed by atoms with Crippen LogP contribution >= 0.6 is 0 Å². The van der Waals surface area contributed by atoms with Crippen molar-refractivity contribution < 1.29 is 14.0 Å². The van der Waals surface area contributed by atoms with Crippen LogP contribution < -0.4 is 5.32 Å². The molecule has 1 aliphatic rings. The highest BCUT2D eigenvalue weighted by atomic mass is 19.1. The van der Waals surface area contributed by atoms with Crippen molar-refractivity contribution in [3.8, 4) is 11.4 Å². The maximum absolute atomic E-state index is 13.4. The van der Waals surface area contributed by atoms with E-state index in [-0.39, 0.29) is 17.5 Å². The molecular weight excluding hydrogens is 369 g/mol. The first-order valence-corrected chi connectivity index (χ1v) is 9.80. The van der Waals surface area contributed by atoms with Crippen LogP contribution in [0.2, 0.25) is 0 Å². The Labute approximate surface area is 168 Å². The topological polar surface area (TPSA) is 64.0 Å². The fourth-order valence-corrected chi connectivity index (χ4v) is 3.73. The van der Waals surface area contributed by atoms with Gasteiger partial charge in [-0.15, -0.1) is 0 Å². The van der Waals surface area contributed by atoms with E-state index in [1.807, 2.05) is 0 Å². The zero-order valence-electron chi connectivity index (χ0n) is 16.2. The van der Waals surface area contributed by atoms with Crippen LogP contribution in [0, 0.1) is 5.82 Å². The first-order valence-electron chi connectivity index (χ1n) is 9.80. The van der Waals surface area contributed by atoms with Crippen LogP contribution in [0.4, 0.5) is 10.1 Å². The van der Waals surface area contributed by atoms with Gasteiger partial charge in [-0.1, -0.05) is 18.6 Å². The minimum atomic E-state index is -0.306. The number of nitrogens with one attached hydrogen (secondary N) is 1. The van der Waals surface area contributed by atoms with Crippen LogP contribution in [-0.4, -0.2) is 21.2 Å². The number of anilines is 1. The number of rotatable bonds is 4. The van der Waals surface area contributed by atoms with E-state index >= 15 is 0 Å². The zero-order chi connectivity index (χ0) is 20.4. The third kappa shape index (κ3) is 3.97. The SMILES string of the molecule is CC(=O)c1cccc(NC(=O)c2nc(-c3ccc(F)cc3)n3c2CCCCC3)c1. The third-order valence-corrected chi connectivity index (χ3v) is 5.21. The number of ketones is 1. The smallest absolute Gasteiger partial charge is 0.276 e. The molecule has 4 rings (SSSR count). The fourth-order valence-electron chi connectivity index (χ4n) is 3.73. The normalized spacial score (nSPS) is 13.4. The second-order valence-corrected chi connectivity index (χ2v) is 7.29. The molecule has 148 valence electrons. The molecular formula is C23H22FN3O2. The van der Waals surface area contributed by atoms with Gasteiger partial charge in [0.1, 0.15) is 17.3 Å². The molecule has 3 aromatic rings. The molecule has 1 aliphatic heterocycles. The second kappa shape index (κ2) is 7.99. The van der Waals surface area contributed by atoms with Gasteiger partial charge in [0.15, 0.2) is 5.78 Å². The highest BCUT2D eigenvalue weighted by Gasteiger charge is 2.24. The van der Waals surface area contributed by atoms with Gasteiger partial charge in [0.2, 0.25) is 0 Å². The summed E-state index contributed by atoms with van der Waals surface area (Å²) >= 11 is 0. The average Bonchev–Trinajstić information content (AvgIpc) is 2.90. The predicted octanol–water partition coefficient (Wildman–Crippen LogP) is 4.87. The highest BCUT2D eigenvalue weighted by molar-refractivity contribution is 6.05. The highest BCUT2D eigenvalue weighted by Crippen LogP contribution is 2.28. The Morgan fingerprint density at radius 2 is 1.86 bits per heavy atom. The van der Waals surface area contributed by atoms with Crippen LogP contribution in [0.15, 0.2) is 48.5 Å². The minimum Gasteiger partial charge on any atom is -0.327 e. The van der Waals surface area contributed by atoms with E-state index in [0.29, 0.717) is 22.8 Å². The first kappa shape index (κ1) is 19.1. The van der Waals surface area contributed by atoms with Crippen molar-refractivity contribution in [3.63, 3.8) is 0 Å². The third-order valence-electron chi connectivity index (χ3n) is 5.21. The van der Waals surface area contributed by atoms with E-state index in [4.69, 9.17) is 0 Å². The van der Waals surface area contributed by atoms with Gasteiger partial charge in [0.05, 0.1) is 5.69 Å². The summed E-state index contributed by atoms with van der Waals surface area (Å²) in [5, 5.41) is 2.87. The van der Waals surface area contributed by atoms with E-state index < -0.39 is 0 Å². The van der Waals surface area contributed by atoms with Gasteiger partial charge in [0, 0.05) is 23.4 Å². The maximum Gasteiger partial charge on any atom is 0.276 e. The number of carbonyl (C=O) groups excluding carboxylic acids is 2. The lowest BCUT2D eigenvalue weighted by atomic mass is 10.1. The molecule has 6 heteroatoms. The van der Waals surface area contributed by atoms with Crippen molar-refractivity contribution in [3.05, 3.63) is 71.3 Å². The first-order chi connectivity index (χ1) is 14.0. The number of imidazole rings is 1. The number of halogens is 1. The molecule has 0 fully saturated rings. The Hall–Kier alpha value is -3.28.